The molecule has 2 atom stereocenters. The molecule has 0 aliphatic carbocycles. The number of aromatic hydroxyl groups is 1. The summed E-state index contributed by atoms with van der Waals surface area (Å²) in [5.74, 6) is -0.175. The van der Waals surface area contributed by atoms with E-state index in [-0.39, 0.29) is 18.1 Å². The summed E-state index contributed by atoms with van der Waals surface area (Å²) < 4.78 is 5.46. The molecule has 0 saturated carbocycles. The first-order valence-corrected chi connectivity index (χ1v) is 15.0. The molecule has 1 aromatic heterocycles. The zero-order valence-corrected chi connectivity index (χ0v) is 24.8. The number of rotatable bonds is 13. The van der Waals surface area contributed by atoms with Gasteiger partial charge >= 0.3 is 6.09 Å². The Morgan fingerprint density at radius 1 is 1.21 bits per heavy atom. The molecule has 10 heteroatoms. The monoisotopic (exact) mass is 563 g/mol. The number of nitrogens with zero attached hydrogens (tertiary/aromatic N) is 1. The van der Waals surface area contributed by atoms with Crippen molar-refractivity contribution < 1.29 is 24.2 Å². The number of carbonyl (C=O) groups excluding carboxylic acids is 3. The summed E-state index contributed by atoms with van der Waals surface area (Å²) in [6.07, 6.45) is 3.21. The Morgan fingerprint density at radius 3 is 2.39 bits per heavy atom. The van der Waals surface area contributed by atoms with E-state index in [0.29, 0.717) is 25.1 Å². The Bertz CT molecular complexity index is 1060. The van der Waals surface area contributed by atoms with E-state index in [1.54, 1.807) is 56.0 Å². The van der Waals surface area contributed by atoms with Crippen LogP contribution in [0.15, 0.2) is 29.6 Å². The molecule has 0 saturated heterocycles. The normalized spacial score (nSPS) is 13.0. The molecular formula is C28H41N3O5S2. The maximum absolute atomic E-state index is 14.1. The lowest BCUT2D eigenvalue weighted by atomic mass is 9.95. The van der Waals surface area contributed by atoms with Crippen molar-refractivity contribution in [1.82, 2.24) is 10.2 Å². The van der Waals surface area contributed by atoms with Crippen LogP contribution in [0.1, 0.15) is 55.2 Å². The van der Waals surface area contributed by atoms with Gasteiger partial charge in [0.25, 0.3) is 0 Å². The third-order valence-corrected chi connectivity index (χ3v) is 7.64. The molecule has 8 nitrogen and oxygen atoms in total. The fraction of sp³-hybridized carbons (Fsp3) is 0.536. The first-order chi connectivity index (χ1) is 17.8. The van der Waals surface area contributed by atoms with Crippen LogP contribution in [-0.4, -0.2) is 64.2 Å². The van der Waals surface area contributed by atoms with E-state index in [0.717, 1.165) is 23.1 Å². The number of ether oxygens (including phenoxy) is 1. The van der Waals surface area contributed by atoms with Crippen molar-refractivity contribution in [2.75, 3.05) is 18.6 Å². The second-order valence-corrected chi connectivity index (χ2v) is 12.4. The summed E-state index contributed by atoms with van der Waals surface area (Å²) in [5, 5.41) is 14.8. The summed E-state index contributed by atoms with van der Waals surface area (Å²) >= 11 is 3.22. The molecule has 0 fully saturated rings. The van der Waals surface area contributed by atoms with E-state index in [1.807, 2.05) is 37.6 Å². The van der Waals surface area contributed by atoms with Crippen LogP contribution in [0.3, 0.4) is 0 Å². The van der Waals surface area contributed by atoms with Gasteiger partial charge in [-0.2, -0.15) is 11.8 Å². The molecule has 0 aliphatic rings. The third kappa shape index (κ3) is 9.87. The number of primary amides is 1. The number of hydrogen-bond donors (Lipinski definition) is 3. The highest BCUT2D eigenvalue weighted by Gasteiger charge is 2.34. The molecular weight excluding hydrogens is 522 g/mol. The van der Waals surface area contributed by atoms with Gasteiger partial charge in [0.1, 0.15) is 23.4 Å². The highest BCUT2D eigenvalue weighted by molar-refractivity contribution is 7.98. The number of hydrogen-bond acceptors (Lipinski definition) is 7. The molecule has 0 aliphatic heterocycles. The van der Waals surface area contributed by atoms with Gasteiger partial charge in [0, 0.05) is 17.8 Å². The predicted molar refractivity (Wildman–Crippen MR) is 155 cm³/mol. The summed E-state index contributed by atoms with van der Waals surface area (Å²) in [6, 6.07) is 5.48. The number of benzene rings is 1. The molecule has 2 aromatic rings. The molecule has 1 aromatic carbocycles. The molecule has 4 N–H and O–H groups in total. The largest absolute Gasteiger partial charge is 0.508 e. The molecule has 0 spiro atoms. The highest BCUT2D eigenvalue weighted by atomic mass is 32.2. The van der Waals surface area contributed by atoms with Gasteiger partial charge < -0.3 is 25.8 Å². The van der Waals surface area contributed by atoms with Crippen molar-refractivity contribution in [2.45, 2.75) is 78.0 Å². The fourth-order valence-corrected chi connectivity index (χ4v) is 5.54. The first-order valence-electron chi connectivity index (χ1n) is 12.7. The van der Waals surface area contributed by atoms with Crippen LogP contribution in [0.5, 0.6) is 5.75 Å². The fourth-order valence-electron chi connectivity index (χ4n) is 4.33. The lowest BCUT2D eigenvalue weighted by molar-refractivity contribution is -0.141. The lowest BCUT2D eigenvalue weighted by Crippen LogP contribution is -2.56. The molecule has 2 rings (SSSR count). The number of nitrogens with two attached hydrogens (primary N) is 1. The zero-order chi connectivity index (χ0) is 28.5. The van der Waals surface area contributed by atoms with Gasteiger partial charge in [-0.3, -0.25) is 9.59 Å². The summed E-state index contributed by atoms with van der Waals surface area (Å²) in [7, 11) is 0. The van der Waals surface area contributed by atoms with Crippen LogP contribution in [0.25, 0.3) is 0 Å². The predicted octanol–water partition coefficient (Wildman–Crippen LogP) is 4.57. The molecule has 1 unspecified atom stereocenters. The number of carbonyl (C=O) groups is 3. The third-order valence-electron chi connectivity index (χ3n) is 6.06. The maximum Gasteiger partial charge on any atom is 0.408 e. The minimum atomic E-state index is -0.996. The smallest absolute Gasteiger partial charge is 0.408 e. The number of thioether (sulfide) groups is 1. The first kappa shape index (κ1) is 31.5. The SMILES string of the molecule is CSCC[C@H](C(N)=O)N(CCCc1cccs1)C(=O)C(Cc1c(C)cc(O)cc1C)NC(=O)OC(C)(C)C. The number of thiophene rings is 1. The lowest BCUT2D eigenvalue weighted by Gasteiger charge is -2.34. The average molecular weight is 564 g/mol. The van der Waals surface area contributed by atoms with Crippen molar-refractivity contribution >= 4 is 41.0 Å². The van der Waals surface area contributed by atoms with Gasteiger partial charge in [0.15, 0.2) is 0 Å². The van der Waals surface area contributed by atoms with E-state index in [1.165, 1.54) is 9.78 Å². The Morgan fingerprint density at radius 2 is 1.87 bits per heavy atom. The van der Waals surface area contributed by atoms with Gasteiger partial charge in [-0.05, 0) is 106 Å². The van der Waals surface area contributed by atoms with Gasteiger partial charge in [-0.25, -0.2) is 4.79 Å². The Balaban J connectivity index is 2.42. The van der Waals surface area contributed by atoms with Crippen molar-refractivity contribution in [2.24, 2.45) is 5.73 Å². The molecule has 210 valence electrons. The van der Waals surface area contributed by atoms with Gasteiger partial charge in [0.2, 0.25) is 11.8 Å². The van der Waals surface area contributed by atoms with Crippen LogP contribution >= 0.6 is 23.1 Å². The summed E-state index contributed by atoms with van der Waals surface area (Å²) in [4.78, 5) is 42.2. The number of alkyl carbamates (subject to hydrolysis) is 1. The van der Waals surface area contributed by atoms with E-state index in [9.17, 15) is 19.5 Å². The standard InChI is InChI=1S/C28H41N3O5S2/c1-18-15-20(32)16-19(2)22(18)17-23(30-27(35)36-28(3,4)5)26(34)31(24(25(29)33)11-14-37-6)12-7-9-21-10-8-13-38-21/h8,10,13,15-16,23-24,32H,7,9,11-12,14,17H2,1-6H3,(H2,29,33)(H,30,35)/t23?,24-/m1/s1. The number of phenols is 1. The summed E-state index contributed by atoms with van der Waals surface area (Å²) in [6.45, 7) is 9.26. The van der Waals surface area contributed by atoms with Crippen LogP contribution in [-0.2, 0) is 27.2 Å². The zero-order valence-electron chi connectivity index (χ0n) is 23.2. The van der Waals surface area contributed by atoms with Crippen molar-refractivity contribution in [3.63, 3.8) is 0 Å². The van der Waals surface area contributed by atoms with E-state index in [2.05, 4.69) is 5.32 Å². The van der Waals surface area contributed by atoms with Gasteiger partial charge in [-0.15, -0.1) is 11.3 Å². The number of phenolic OH excluding ortho intramolecular Hbond substituents is 1. The van der Waals surface area contributed by atoms with E-state index in [4.69, 9.17) is 10.5 Å². The van der Waals surface area contributed by atoms with Crippen molar-refractivity contribution in [3.05, 3.63) is 51.2 Å². The average Bonchev–Trinajstić information content (AvgIpc) is 3.31. The summed E-state index contributed by atoms with van der Waals surface area (Å²) in [5.41, 5.74) is 7.47. The van der Waals surface area contributed by atoms with Crippen LogP contribution in [0, 0.1) is 13.8 Å². The maximum atomic E-state index is 14.1. The van der Waals surface area contributed by atoms with E-state index >= 15 is 0 Å². The highest BCUT2D eigenvalue weighted by Crippen LogP contribution is 2.24. The second kappa shape index (κ2) is 14.4. The van der Waals surface area contributed by atoms with Crippen LogP contribution in [0.2, 0.25) is 0 Å². The molecule has 3 amide bonds. The Kier molecular flexibility index (Phi) is 12.0. The van der Waals surface area contributed by atoms with Crippen molar-refractivity contribution in [3.8, 4) is 5.75 Å². The van der Waals surface area contributed by atoms with Gasteiger partial charge in [0.05, 0.1) is 0 Å². The second-order valence-electron chi connectivity index (χ2n) is 10.4. The van der Waals surface area contributed by atoms with Gasteiger partial charge in [-0.1, -0.05) is 6.07 Å². The molecule has 0 bridgehead atoms. The minimum Gasteiger partial charge on any atom is -0.508 e. The number of aryl methyl sites for hydroxylation is 3. The quantitative estimate of drug-likeness (QED) is 0.328. The number of nitrogens with one attached hydrogen (secondary N) is 1. The molecule has 38 heavy (non-hydrogen) atoms. The van der Waals surface area contributed by atoms with Crippen LogP contribution in [0.4, 0.5) is 4.79 Å². The van der Waals surface area contributed by atoms with Crippen molar-refractivity contribution in [1.29, 1.82) is 0 Å². The number of amides is 3. The van der Waals surface area contributed by atoms with E-state index < -0.39 is 29.7 Å². The Hall–Kier alpha value is -2.72. The Labute approximate surface area is 234 Å². The van der Waals surface area contributed by atoms with Crippen LogP contribution < -0.4 is 11.1 Å². The topological polar surface area (TPSA) is 122 Å². The molecule has 1 heterocycles. The molecule has 0 radical (unpaired) electrons. The minimum absolute atomic E-state index is 0.132.